The zero-order chi connectivity index (χ0) is 25.5. The third-order valence-corrected chi connectivity index (χ3v) is 6.98. The first-order valence-corrected chi connectivity index (χ1v) is 12.8. The monoisotopic (exact) mass is 509 g/mol. The molecule has 1 aliphatic heterocycles. The average Bonchev–Trinajstić information content (AvgIpc) is 3.47. The lowest BCUT2D eigenvalue weighted by Gasteiger charge is -2.36. The predicted octanol–water partition coefficient (Wildman–Crippen LogP) is 3.42. The lowest BCUT2D eigenvalue weighted by atomic mass is 10.1. The quantitative estimate of drug-likeness (QED) is 0.437. The van der Waals surface area contributed by atoms with Crippen LogP contribution in [-0.2, 0) is 4.79 Å². The molecule has 0 unspecified atom stereocenters. The van der Waals surface area contributed by atoms with Gasteiger partial charge in [0, 0.05) is 38.3 Å². The van der Waals surface area contributed by atoms with Crippen molar-refractivity contribution in [1.29, 1.82) is 0 Å². The van der Waals surface area contributed by atoms with Crippen molar-refractivity contribution in [3.8, 4) is 22.8 Å². The van der Waals surface area contributed by atoms with Crippen molar-refractivity contribution < 1.29 is 19.1 Å². The number of carbonyl (C=O) groups excluding carboxylic acids is 2. The minimum atomic E-state index is -0.0799. The summed E-state index contributed by atoms with van der Waals surface area (Å²) in [6, 6.07) is 13.2. The number of hydrogen-bond donors (Lipinski definition) is 0. The standard InChI is InChI=1S/C26H31N5O4S/c1-4-11-31(26(33)23-6-5-16-36-23)18-25(32)30-14-12-29(13-15-30)24-10-8-20(27-28-24)19-7-9-21(34-2)22(17-19)35-3/h5-10,16-17H,4,11-15,18H2,1-3H3. The molecule has 0 N–H and O–H groups in total. The summed E-state index contributed by atoms with van der Waals surface area (Å²) in [6.45, 7) is 5.13. The van der Waals surface area contributed by atoms with E-state index in [4.69, 9.17) is 9.47 Å². The van der Waals surface area contributed by atoms with Gasteiger partial charge in [-0.05, 0) is 48.2 Å². The van der Waals surface area contributed by atoms with E-state index in [9.17, 15) is 9.59 Å². The summed E-state index contributed by atoms with van der Waals surface area (Å²) in [5.41, 5.74) is 1.62. The number of methoxy groups -OCH3 is 2. The van der Waals surface area contributed by atoms with Crippen molar-refractivity contribution >= 4 is 29.0 Å². The highest BCUT2D eigenvalue weighted by molar-refractivity contribution is 7.12. The molecule has 3 heterocycles. The van der Waals surface area contributed by atoms with Gasteiger partial charge in [-0.1, -0.05) is 13.0 Å². The van der Waals surface area contributed by atoms with Gasteiger partial charge >= 0.3 is 0 Å². The van der Waals surface area contributed by atoms with Crippen LogP contribution in [0.25, 0.3) is 11.3 Å². The van der Waals surface area contributed by atoms with Crippen LogP contribution in [0.5, 0.6) is 11.5 Å². The van der Waals surface area contributed by atoms with E-state index in [1.54, 1.807) is 25.2 Å². The molecule has 0 radical (unpaired) electrons. The highest BCUT2D eigenvalue weighted by Crippen LogP contribution is 2.31. The summed E-state index contributed by atoms with van der Waals surface area (Å²) in [5, 5.41) is 10.7. The van der Waals surface area contributed by atoms with E-state index in [-0.39, 0.29) is 18.4 Å². The maximum Gasteiger partial charge on any atom is 0.264 e. The van der Waals surface area contributed by atoms with Crippen LogP contribution in [0, 0.1) is 0 Å². The van der Waals surface area contributed by atoms with E-state index in [0.29, 0.717) is 49.1 Å². The van der Waals surface area contributed by atoms with E-state index in [1.165, 1.54) is 11.3 Å². The van der Waals surface area contributed by atoms with Crippen LogP contribution in [0.1, 0.15) is 23.0 Å². The van der Waals surface area contributed by atoms with Gasteiger partial charge in [-0.25, -0.2) is 0 Å². The SMILES string of the molecule is CCCN(CC(=O)N1CCN(c2ccc(-c3ccc(OC)c(OC)c3)nn2)CC1)C(=O)c1cccs1. The molecule has 190 valence electrons. The smallest absolute Gasteiger partial charge is 0.264 e. The molecule has 2 aromatic heterocycles. The zero-order valence-corrected chi connectivity index (χ0v) is 21.7. The van der Waals surface area contributed by atoms with Crippen molar-refractivity contribution in [3.05, 3.63) is 52.7 Å². The van der Waals surface area contributed by atoms with E-state index < -0.39 is 0 Å². The number of hydrogen-bond acceptors (Lipinski definition) is 8. The first kappa shape index (κ1) is 25.4. The molecule has 10 heteroatoms. The van der Waals surface area contributed by atoms with Gasteiger partial charge in [-0.2, -0.15) is 0 Å². The van der Waals surface area contributed by atoms with Crippen molar-refractivity contribution in [1.82, 2.24) is 20.0 Å². The van der Waals surface area contributed by atoms with Crippen molar-refractivity contribution in [3.63, 3.8) is 0 Å². The molecule has 0 bridgehead atoms. The van der Waals surface area contributed by atoms with Crippen molar-refractivity contribution in [2.45, 2.75) is 13.3 Å². The maximum atomic E-state index is 13.0. The van der Waals surface area contributed by atoms with Crippen molar-refractivity contribution in [2.24, 2.45) is 0 Å². The Kier molecular flexibility index (Phi) is 8.37. The lowest BCUT2D eigenvalue weighted by molar-refractivity contribution is -0.132. The molecule has 4 rings (SSSR count). The minimum absolute atomic E-state index is 0.0251. The van der Waals surface area contributed by atoms with Crippen molar-refractivity contribution in [2.75, 3.05) is 58.4 Å². The van der Waals surface area contributed by atoms with Crippen LogP contribution in [0.2, 0.25) is 0 Å². The summed E-state index contributed by atoms with van der Waals surface area (Å²) in [5.74, 6) is 1.96. The Balaban J connectivity index is 1.34. The van der Waals surface area contributed by atoms with Gasteiger partial charge in [0.2, 0.25) is 5.91 Å². The van der Waals surface area contributed by atoms with Gasteiger partial charge in [0.15, 0.2) is 17.3 Å². The third-order valence-electron chi connectivity index (χ3n) is 6.12. The van der Waals surface area contributed by atoms with E-state index in [2.05, 4.69) is 15.1 Å². The Labute approximate surface area is 215 Å². The number of benzene rings is 1. The first-order valence-electron chi connectivity index (χ1n) is 12.0. The highest BCUT2D eigenvalue weighted by Gasteiger charge is 2.26. The number of amides is 2. The molecule has 36 heavy (non-hydrogen) atoms. The summed E-state index contributed by atoms with van der Waals surface area (Å²) in [6.07, 6.45) is 0.802. The number of rotatable bonds is 9. The second-order valence-corrected chi connectivity index (χ2v) is 9.37. The number of thiophene rings is 1. The van der Waals surface area contributed by atoms with Gasteiger partial charge < -0.3 is 24.2 Å². The maximum absolute atomic E-state index is 13.0. The Morgan fingerprint density at radius 3 is 2.39 bits per heavy atom. The molecule has 1 aromatic carbocycles. The van der Waals surface area contributed by atoms with Crippen LogP contribution in [0.4, 0.5) is 5.82 Å². The topological polar surface area (TPSA) is 88.1 Å². The fraction of sp³-hybridized carbons (Fsp3) is 0.385. The summed E-state index contributed by atoms with van der Waals surface area (Å²) in [4.78, 5) is 32.0. The molecule has 0 atom stereocenters. The molecular formula is C26H31N5O4S. The van der Waals surface area contributed by atoms with Crippen LogP contribution in [0.15, 0.2) is 47.8 Å². The summed E-state index contributed by atoms with van der Waals surface area (Å²) in [7, 11) is 3.20. The molecule has 2 amide bonds. The normalized spacial score (nSPS) is 13.4. The van der Waals surface area contributed by atoms with Crippen LogP contribution < -0.4 is 14.4 Å². The lowest BCUT2D eigenvalue weighted by Crippen LogP contribution is -2.52. The highest BCUT2D eigenvalue weighted by atomic mass is 32.1. The second kappa shape index (κ2) is 11.9. The Morgan fingerprint density at radius 1 is 1.00 bits per heavy atom. The fourth-order valence-corrected chi connectivity index (χ4v) is 4.86. The molecule has 0 saturated carbocycles. The summed E-state index contributed by atoms with van der Waals surface area (Å²) >= 11 is 1.40. The van der Waals surface area contributed by atoms with Gasteiger partial charge in [-0.3, -0.25) is 9.59 Å². The molecule has 1 fully saturated rings. The number of ether oxygens (including phenoxy) is 2. The van der Waals surface area contributed by atoms with Gasteiger partial charge in [0.05, 0.1) is 24.8 Å². The van der Waals surface area contributed by atoms with E-state index in [1.807, 2.05) is 53.6 Å². The second-order valence-electron chi connectivity index (χ2n) is 8.42. The Hall–Kier alpha value is -3.66. The Bertz CT molecular complexity index is 1160. The number of anilines is 1. The molecular weight excluding hydrogens is 478 g/mol. The first-order chi connectivity index (χ1) is 17.5. The molecule has 0 spiro atoms. The molecule has 1 saturated heterocycles. The molecule has 3 aromatic rings. The van der Waals surface area contributed by atoms with E-state index >= 15 is 0 Å². The average molecular weight is 510 g/mol. The third kappa shape index (κ3) is 5.76. The van der Waals surface area contributed by atoms with Gasteiger partial charge in [0.25, 0.3) is 5.91 Å². The zero-order valence-electron chi connectivity index (χ0n) is 20.8. The van der Waals surface area contributed by atoms with Crippen LogP contribution in [0.3, 0.4) is 0 Å². The molecule has 9 nitrogen and oxygen atoms in total. The Morgan fingerprint density at radius 2 is 1.78 bits per heavy atom. The molecule has 1 aliphatic rings. The minimum Gasteiger partial charge on any atom is -0.493 e. The summed E-state index contributed by atoms with van der Waals surface area (Å²) < 4.78 is 10.7. The number of piperazine rings is 1. The number of nitrogens with zero attached hydrogens (tertiary/aromatic N) is 5. The predicted molar refractivity (Wildman–Crippen MR) is 140 cm³/mol. The van der Waals surface area contributed by atoms with Gasteiger partial charge in [0.1, 0.15) is 6.54 Å². The fourth-order valence-electron chi connectivity index (χ4n) is 4.17. The van der Waals surface area contributed by atoms with Crippen LogP contribution >= 0.6 is 11.3 Å². The van der Waals surface area contributed by atoms with Crippen LogP contribution in [-0.4, -0.2) is 85.3 Å². The van der Waals surface area contributed by atoms with E-state index in [0.717, 1.165) is 23.5 Å². The number of aromatic nitrogens is 2. The largest absolute Gasteiger partial charge is 0.493 e. The number of carbonyl (C=O) groups is 2. The molecule has 0 aliphatic carbocycles. The van der Waals surface area contributed by atoms with Gasteiger partial charge in [-0.15, -0.1) is 21.5 Å².